The first-order valence-corrected chi connectivity index (χ1v) is 8.36. The SMILES string of the molecule is Clc1cccc(-c2cc(CNc3cccnc3)cc3c2OCC3)c1. The van der Waals surface area contributed by atoms with Gasteiger partial charge in [-0.25, -0.2) is 0 Å². The Bertz CT molecular complexity index is 865. The van der Waals surface area contributed by atoms with Crippen LogP contribution in [0.25, 0.3) is 11.1 Å². The van der Waals surface area contributed by atoms with Crippen molar-refractivity contribution in [3.8, 4) is 16.9 Å². The zero-order chi connectivity index (χ0) is 16.4. The number of aromatic nitrogens is 1. The van der Waals surface area contributed by atoms with Crippen LogP contribution in [0.5, 0.6) is 5.75 Å². The monoisotopic (exact) mass is 336 g/mol. The van der Waals surface area contributed by atoms with Crippen LogP contribution in [0.1, 0.15) is 11.1 Å². The molecule has 0 fully saturated rings. The molecule has 1 aromatic heterocycles. The Labute approximate surface area is 146 Å². The van der Waals surface area contributed by atoms with E-state index in [1.54, 1.807) is 6.20 Å². The third-order valence-corrected chi connectivity index (χ3v) is 4.37. The standard InChI is InChI=1S/C20H17ClN2O/c21-17-4-1-3-15(11-17)19-10-14(9-16-6-8-24-20(16)19)12-23-18-5-2-7-22-13-18/h1-5,7,9-11,13,23H,6,8,12H2. The Morgan fingerprint density at radius 3 is 2.92 bits per heavy atom. The zero-order valence-electron chi connectivity index (χ0n) is 13.1. The topological polar surface area (TPSA) is 34.2 Å². The zero-order valence-corrected chi connectivity index (χ0v) is 13.9. The van der Waals surface area contributed by atoms with E-state index in [0.29, 0.717) is 0 Å². The molecule has 0 atom stereocenters. The highest BCUT2D eigenvalue weighted by Gasteiger charge is 2.19. The summed E-state index contributed by atoms with van der Waals surface area (Å²) in [7, 11) is 0. The summed E-state index contributed by atoms with van der Waals surface area (Å²) in [5.74, 6) is 0.988. The molecule has 0 aliphatic carbocycles. The minimum absolute atomic E-state index is 0.734. The van der Waals surface area contributed by atoms with Gasteiger partial charge < -0.3 is 10.1 Å². The maximum atomic E-state index is 6.17. The molecule has 0 bridgehead atoms. The molecule has 0 radical (unpaired) electrons. The summed E-state index contributed by atoms with van der Waals surface area (Å²) in [6.45, 7) is 1.48. The fourth-order valence-corrected chi connectivity index (χ4v) is 3.21. The Hall–Kier alpha value is -2.52. The molecular formula is C20H17ClN2O. The summed E-state index contributed by atoms with van der Waals surface area (Å²) in [5, 5.41) is 4.15. The molecule has 1 aliphatic heterocycles. The normalized spacial score (nSPS) is 12.5. The van der Waals surface area contributed by atoms with E-state index in [0.717, 1.165) is 47.2 Å². The molecule has 1 aliphatic rings. The number of ether oxygens (including phenoxy) is 1. The van der Waals surface area contributed by atoms with Crippen LogP contribution >= 0.6 is 11.6 Å². The lowest BCUT2D eigenvalue weighted by Crippen LogP contribution is -2.00. The first kappa shape index (κ1) is 15.0. The Kier molecular flexibility index (Phi) is 4.09. The molecule has 24 heavy (non-hydrogen) atoms. The molecule has 2 heterocycles. The second-order valence-electron chi connectivity index (χ2n) is 5.84. The lowest BCUT2D eigenvalue weighted by molar-refractivity contribution is 0.358. The van der Waals surface area contributed by atoms with Gasteiger partial charge in [0.2, 0.25) is 0 Å². The van der Waals surface area contributed by atoms with E-state index in [2.05, 4.69) is 28.5 Å². The second kappa shape index (κ2) is 6.54. The van der Waals surface area contributed by atoms with Gasteiger partial charge in [-0.3, -0.25) is 4.98 Å². The van der Waals surface area contributed by atoms with Gasteiger partial charge in [-0.05, 0) is 47.0 Å². The fraction of sp³-hybridized carbons (Fsp3) is 0.150. The molecule has 2 aromatic carbocycles. The lowest BCUT2D eigenvalue weighted by Gasteiger charge is -2.13. The predicted molar refractivity (Wildman–Crippen MR) is 97.7 cm³/mol. The Morgan fingerprint density at radius 1 is 1.12 bits per heavy atom. The first-order valence-electron chi connectivity index (χ1n) is 7.98. The number of rotatable bonds is 4. The number of anilines is 1. The number of nitrogens with zero attached hydrogens (tertiary/aromatic N) is 1. The molecule has 0 amide bonds. The largest absolute Gasteiger partial charge is 0.492 e. The molecule has 0 spiro atoms. The Balaban J connectivity index is 1.68. The van der Waals surface area contributed by atoms with E-state index in [-0.39, 0.29) is 0 Å². The molecule has 3 aromatic rings. The number of hydrogen-bond acceptors (Lipinski definition) is 3. The predicted octanol–water partition coefficient (Wildman–Crippen LogP) is 4.95. The van der Waals surface area contributed by atoms with Crippen molar-refractivity contribution >= 4 is 17.3 Å². The van der Waals surface area contributed by atoms with Gasteiger partial charge in [-0.2, -0.15) is 0 Å². The van der Waals surface area contributed by atoms with Crippen molar-refractivity contribution in [1.29, 1.82) is 0 Å². The lowest BCUT2D eigenvalue weighted by atomic mass is 9.98. The van der Waals surface area contributed by atoms with Crippen LogP contribution in [-0.2, 0) is 13.0 Å². The number of nitrogens with one attached hydrogen (secondary N) is 1. The average molecular weight is 337 g/mol. The molecular weight excluding hydrogens is 320 g/mol. The summed E-state index contributed by atoms with van der Waals surface area (Å²) in [6, 6.07) is 16.3. The van der Waals surface area contributed by atoms with Crippen molar-refractivity contribution in [2.45, 2.75) is 13.0 Å². The highest BCUT2D eigenvalue weighted by atomic mass is 35.5. The van der Waals surface area contributed by atoms with E-state index in [1.165, 1.54) is 11.1 Å². The third-order valence-electron chi connectivity index (χ3n) is 4.14. The highest BCUT2D eigenvalue weighted by molar-refractivity contribution is 6.30. The van der Waals surface area contributed by atoms with Crippen LogP contribution in [0.2, 0.25) is 5.02 Å². The third kappa shape index (κ3) is 3.08. The Morgan fingerprint density at radius 2 is 2.08 bits per heavy atom. The molecule has 0 saturated carbocycles. The molecule has 3 nitrogen and oxygen atoms in total. The van der Waals surface area contributed by atoms with Crippen LogP contribution < -0.4 is 10.1 Å². The van der Waals surface area contributed by atoms with Crippen LogP contribution in [-0.4, -0.2) is 11.6 Å². The van der Waals surface area contributed by atoms with Crippen molar-refractivity contribution in [2.75, 3.05) is 11.9 Å². The number of halogens is 1. The number of pyridine rings is 1. The minimum Gasteiger partial charge on any atom is -0.492 e. The van der Waals surface area contributed by atoms with Crippen molar-refractivity contribution < 1.29 is 4.74 Å². The van der Waals surface area contributed by atoms with Gasteiger partial charge in [0, 0.05) is 35.9 Å². The van der Waals surface area contributed by atoms with Gasteiger partial charge in [-0.15, -0.1) is 0 Å². The summed E-state index contributed by atoms with van der Waals surface area (Å²) in [6.07, 6.45) is 4.55. The minimum atomic E-state index is 0.734. The summed E-state index contributed by atoms with van der Waals surface area (Å²) in [5.41, 5.74) is 5.69. The maximum absolute atomic E-state index is 6.17. The van der Waals surface area contributed by atoms with Crippen LogP contribution in [0.4, 0.5) is 5.69 Å². The number of hydrogen-bond donors (Lipinski definition) is 1. The number of fused-ring (bicyclic) bond motifs is 1. The van der Waals surface area contributed by atoms with E-state index in [9.17, 15) is 0 Å². The van der Waals surface area contributed by atoms with Gasteiger partial charge in [0.15, 0.2) is 0 Å². The van der Waals surface area contributed by atoms with E-state index in [4.69, 9.17) is 16.3 Å². The molecule has 0 unspecified atom stereocenters. The van der Waals surface area contributed by atoms with Gasteiger partial charge in [0.25, 0.3) is 0 Å². The van der Waals surface area contributed by atoms with Crippen LogP contribution in [0.15, 0.2) is 60.9 Å². The average Bonchev–Trinajstić information content (AvgIpc) is 3.08. The van der Waals surface area contributed by atoms with E-state index < -0.39 is 0 Å². The van der Waals surface area contributed by atoms with Crippen LogP contribution in [0, 0.1) is 0 Å². The highest BCUT2D eigenvalue weighted by Crippen LogP contribution is 2.38. The molecule has 1 N–H and O–H groups in total. The van der Waals surface area contributed by atoms with Crippen molar-refractivity contribution in [3.63, 3.8) is 0 Å². The van der Waals surface area contributed by atoms with E-state index in [1.807, 2.05) is 36.5 Å². The van der Waals surface area contributed by atoms with Crippen molar-refractivity contribution in [3.05, 3.63) is 77.1 Å². The van der Waals surface area contributed by atoms with E-state index >= 15 is 0 Å². The van der Waals surface area contributed by atoms with Gasteiger partial charge in [0.1, 0.15) is 5.75 Å². The van der Waals surface area contributed by atoms with Gasteiger partial charge in [0.05, 0.1) is 12.3 Å². The summed E-state index contributed by atoms with van der Waals surface area (Å²) >= 11 is 6.17. The maximum Gasteiger partial charge on any atom is 0.130 e. The first-order chi connectivity index (χ1) is 11.8. The quantitative estimate of drug-likeness (QED) is 0.732. The van der Waals surface area contributed by atoms with Gasteiger partial charge in [-0.1, -0.05) is 29.8 Å². The smallest absolute Gasteiger partial charge is 0.130 e. The molecule has 0 saturated heterocycles. The number of benzene rings is 2. The van der Waals surface area contributed by atoms with Crippen LogP contribution in [0.3, 0.4) is 0 Å². The molecule has 4 heteroatoms. The molecule has 120 valence electrons. The summed E-state index contributed by atoms with van der Waals surface area (Å²) in [4.78, 5) is 4.13. The van der Waals surface area contributed by atoms with Gasteiger partial charge >= 0.3 is 0 Å². The second-order valence-corrected chi connectivity index (χ2v) is 6.27. The fourth-order valence-electron chi connectivity index (χ4n) is 3.02. The molecule has 4 rings (SSSR count). The van der Waals surface area contributed by atoms with Crippen molar-refractivity contribution in [2.24, 2.45) is 0 Å². The summed E-state index contributed by atoms with van der Waals surface area (Å²) < 4.78 is 5.87. The van der Waals surface area contributed by atoms with Crippen molar-refractivity contribution in [1.82, 2.24) is 4.98 Å².